The fourth-order valence-electron chi connectivity index (χ4n) is 2.04. The zero-order valence-electron chi connectivity index (χ0n) is 9.00. The minimum absolute atomic E-state index is 0.596. The molecular weight excluding hydrogens is 182 g/mol. The van der Waals surface area contributed by atoms with Crippen molar-refractivity contribution in [2.24, 2.45) is 5.92 Å². The summed E-state index contributed by atoms with van der Waals surface area (Å²) in [6.45, 7) is 0. The fourth-order valence-corrected chi connectivity index (χ4v) is 2.04. The van der Waals surface area contributed by atoms with Crippen LogP contribution in [0.15, 0.2) is 24.3 Å². The maximum Gasteiger partial charge on any atom is 0.0474 e. The number of nitrogen functional groups attached to an aromatic ring is 1. The standard InChI is InChI=1S/C14H17N/c15-14-9-5-4-8-13(14)11-10-12-6-2-1-3-7-12/h4-5,8-9,12H,1-3,6-7,15H2. The first-order valence-electron chi connectivity index (χ1n) is 5.72. The number of benzene rings is 1. The molecule has 2 N–H and O–H groups in total. The second-order valence-electron chi connectivity index (χ2n) is 4.19. The monoisotopic (exact) mass is 199 g/mol. The average Bonchev–Trinajstić information content (AvgIpc) is 2.29. The molecule has 78 valence electrons. The van der Waals surface area contributed by atoms with Crippen LogP contribution < -0.4 is 5.73 Å². The van der Waals surface area contributed by atoms with Gasteiger partial charge < -0.3 is 5.73 Å². The van der Waals surface area contributed by atoms with Crippen LogP contribution in [0.5, 0.6) is 0 Å². The highest BCUT2D eigenvalue weighted by atomic mass is 14.5. The predicted octanol–water partition coefficient (Wildman–Crippen LogP) is 3.20. The Morgan fingerprint density at radius 3 is 2.53 bits per heavy atom. The molecule has 0 aliphatic heterocycles. The molecule has 0 atom stereocenters. The highest BCUT2D eigenvalue weighted by Gasteiger charge is 2.09. The lowest BCUT2D eigenvalue weighted by molar-refractivity contribution is 0.430. The van der Waals surface area contributed by atoms with Crippen molar-refractivity contribution in [3.05, 3.63) is 29.8 Å². The zero-order valence-corrected chi connectivity index (χ0v) is 9.00. The molecule has 0 heterocycles. The number of rotatable bonds is 0. The lowest BCUT2D eigenvalue weighted by atomic mass is 9.89. The van der Waals surface area contributed by atoms with E-state index >= 15 is 0 Å². The van der Waals surface area contributed by atoms with Gasteiger partial charge >= 0.3 is 0 Å². The van der Waals surface area contributed by atoms with Crippen molar-refractivity contribution in [3.63, 3.8) is 0 Å². The van der Waals surface area contributed by atoms with Crippen LogP contribution in [-0.2, 0) is 0 Å². The Hall–Kier alpha value is -1.42. The topological polar surface area (TPSA) is 26.0 Å². The molecule has 0 spiro atoms. The van der Waals surface area contributed by atoms with Gasteiger partial charge in [0.15, 0.2) is 0 Å². The van der Waals surface area contributed by atoms with Gasteiger partial charge in [0.1, 0.15) is 0 Å². The zero-order chi connectivity index (χ0) is 10.5. The van der Waals surface area contributed by atoms with Crippen LogP contribution in [0.2, 0.25) is 0 Å². The summed E-state index contributed by atoms with van der Waals surface area (Å²) in [5.74, 6) is 7.15. The molecule has 1 aromatic rings. The molecule has 1 aliphatic rings. The Kier molecular flexibility index (Phi) is 3.29. The van der Waals surface area contributed by atoms with E-state index in [4.69, 9.17) is 5.73 Å². The Morgan fingerprint density at radius 1 is 1.07 bits per heavy atom. The summed E-state index contributed by atoms with van der Waals surface area (Å²) in [7, 11) is 0. The van der Waals surface area contributed by atoms with Crippen LogP contribution in [0.3, 0.4) is 0 Å². The van der Waals surface area contributed by atoms with Gasteiger partial charge in [0, 0.05) is 17.2 Å². The molecule has 2 rings (SSSR count). The smallest absolute Gasteiger partial charge is 0.0474 e. The summed E-state index contributed by atoms with van der Waals surface area (Å²) in [6, 6.07) is 7.83. The van der Waals surface area contributed by atoms with Gasteiger partial charge in [-0.05, 0) is 25.0 Å². The molecule has 0 unspecified atom stereocenters. The van der Waals surface area contributed by atoms with Gasteiger partial charge in [0.2, 0.25) is 0 Å². The van der Waals surface area contributed by atoms with E-state index in [1.54, 1.807) is 0 Å². The summed E-state index contributed by atoms with van der Waals surface area (Å²) in [4.78, 5) is 0. The first kappa shape index (κ1) is 10.1. The van der Waals surface area contributed by atoms with E-state index < -0.39 is 0 Å². The van der Waals surface area contributed by atoms with Crippen LogP contribution >= 0.6 is 0 Å². The molecule has 0 saturated heterocycles. The number of para-hydroxylation sites is 1. The third-order valence-corrected chi connectivity index (χ3v) is 2.98. The van der Waals surface area contributed by atoms with Gasteiger partial charge in [-0.2, -0.15) is 0 Å². The number of nitrogens with two attached hydrogens (primary N) is 1. The van der Waals surface area contributed by atoms with Crippen LogP contribution in [0.25, 0.3) is 0 Å². The average molecular weight is 199 g/mol. The Bertz CT molecular complexity index is 378. The maximum absolute atomic E-state index is 5.83. The molecule has 1 heteroatoms. The number of hydrogen-bond acceptors (Lipinski definition) is 1. The number of anilines is 1. The molecule has 15 heavy (non-hydrogen) atoms. The quantitative estimate of drug-likeness (QED) is 0.504. The van der Waals surface area contributed by atoms with Crippen LogP contribution in [0.1, 0.15) is 37.7 Å². The van der Waals surface area contributed by atoms with E-state index in [0.717, 1.165) is 11.3 Å². The second-order valence-corrected chi connectivity index (χ2v) is 4.19. The van der Waals surface area contributed by atoms with Crippen molar-refractivity contribution in [2.75, 3.05) is 5.73 Å². The third-order valence-electron chi connectivity index (χ3n) is 2.98. The Balaban J connectivity index is 2.07. The van der Waals surface area contributed by atoms with Crippen molar-refractivity contribution in [1.29, 1.82) is 0 Å². The lowest BCUT2D eigenvalue weighted by Gasteiger charge is -2.15. The first-order chi connectivity index (χ1) is 7.36. The highest BCUT2D eigenvalue weighted by Crippen LogP contribution is 2.23. The lowest BCUT2D eigenvalue weighted by Crippen LogP contribution is -2.03. The summed E-state index contributed by atoms with van der Waals surface area (Å²) in [6.07, 6.45) is 6.58. The van der Waals surface area contributed by atoms with Crippen LogP contribution in [0.4, 0.5) is 5.69 Å². The number of hydrogen-bond donors (Lipinski definition) is 1. The van der Waals surface area contributed by atoms with Crippen LogP contribution in [-0.4, -0.2) is 0 Å². The molecule has 1 saturated carbocycles. The Labute approximate surface area is 91.7 Å². The second kappa shape index (κ2) is 4.89. The molecule has 0 aromatic heterocycles. The molecule has 1 fully saturated rings. The highest BCUT2D eigenvalue weighted by molar-refractivity contribution is 5.55. The Morgan fingerprint density at radius 2 is 1.80 bits per heavy atom. The fraction of sp³-hybridized carbons (Fsp3) is 0.429. The van der Waals surface area contributed by atoms with Gasteiger partial charge in [-0.1, -0.05) is 43.2 Å². The molecular formula is C14H17N. The largest absolute Gasteiger partial charge is 0.398 e. The molecule has 0 radical (unpaired) electrons. The first-order valence-corrected chi connectivity index (χ1v) is 5.72. The normalized spacial score (nSPS) is 16.8. The molecule has 1 aromatic carbocycles. The molecule has 1 nitrogen and oxygen atoms in total. The maximum atomic E-state index is 5.83. The minimum Gasteiger partial charge on any atom is -0.398 e. The minimum atomic E-state index is 0.596. The van der Waals surface area contributed by atoms with Gasteiger partial charge in [-0.3, -0.25) is 0 Å². The van der Waals surface area contributed by atoms with Crippen molar-refractivity contribution in [3.8, 4) is 11.8 Å². The van der Waals surface area contributed by atoms with Crippen molar-refractivity contribution < 1.29 is 0 Å². The van der Waals surface area contributed by atoms with E-state index in [-0.39, 0.29) is 0 Å². The summed E-state index contributed by atoms with van der Waals surface area (Å²) in [5.41, 5.74) is 7.60. The van der Waals surface area contributed by atoms with E-state index in [2.05, 4.69) is 11.8 Å². The van der Waals surface area contributed by atoms with Crippen LogP contribution in [0, 0.1) is 17.8 Å². The molecule has 0 amide bonds. The van der Waals surface area contributed by atoms with E-state index in [1.807, 2.05) is 24.3 Å². The van der Waals surface area contributed by atoms with Crippen molar-refractivity contribution in [1.82, 2.24) is 0 Å². The summed E-state index contributed by atoms with van der Waals surface area (Å²) < 4.78 is 0. The summed E-state index contributed by atoms with van der Waals surface area (Å²) >= 11 is 0. The van der Waals surface area contributed by atoms with Gasteiger partial charge in [-0.25, -0.2) is 0 Å². The van der Waals surface area contributed by atoms with E-state index in [9.17, 15) is 0 Å². The van der Waals surface area contributed by atoms with Crippen molar-refractivity contribution >= 4 is 5.69 Å². The molecule has 0 bridgehead atoms. The molecule has 1 aliphatic carbocycles. The predicted molar refractivity (Wildman–Crippen MR) is 64.3 cm³/mol. The SMILES string of the molecule is Nc1ccccc1C#CC1CCCCC1. The van der Waals surface area contributed by atoms with Gasteiger partial charge in [0.05, 0.1) is 0 Å². The third kappa shape index (κ3) is 2.76. The van der Waals surface area contributed by atoms with Gasteiger partial charge in [-0.15, -0.1) is 0 Å². The van der Waals surface area contributed by atoms with Crippen molar-refractivity contribution in [2.45, 2.75) is 32.1 Å². The van der Waals surface area contributed by atoms with E-state index in [1.165, 1.54) is 32.1 Å². The summed E-state index contributed by atoms with van der Waals surface area (Å²) in [5, 5.41) is 0. The van der Waals surface area contributed by atoms with E-state index in [0.29, 0.717) is 5.92 Å². The van der Waals surface area contributed by atoms with Gasteiger partial charge in [0.25, 0.3) is 0 Å².